The zero-order chi connectivity index (χ0) is 11.5. The van der Waals surface area contributed by atoms with E-state index in [-0.39, 0.29) is 5.78 Å². The van der Waals surface area contributed by atoms with Crippen LogP contribution in [0.25, 0.3) is 10.6 Å². The lowest BCUT2D eigenvalue weighted by Crippen LogP contribution is -1.94. The Labute approximate surface area is 99.0 Å². The predicted octanol–water partition coefficient (Wildman–Crippen LogP) is 3.25. The number of carbonyl (C=O) groups excluding carboxylic acids is 1. The zero-order valence-electron chi connectivity index (χ0n) is 9.36. The maximum atomic E-state index is 11.1. The first kappa shape index (κ1) is 11.0. The Balaban J connectivity index is 2.34. The van der Waals surface area contributed by atoms with Gasteiger partial charge in [0.2, 0.25) is 0 Å². The summed E-state index contributed by atoms with van der Waals surface area (Å²) in [6, 6.07) is 10.1. The van der Waals surface area contributed by atoms with Gasteiger partial charge in [0.25, 0.3) is 0 Å². The molecule has 0 saturated heterocycles. The maximum absolute atomic E-state index is 11.1. The molecule has 1 aromatic heterocycles. The minimum absolute atomic E-state index is 0.186. The third-order valence-corrected chi connectivity index (χ3v) is 3.53. The Morgan fingerprint density at radius 1 is 1.31 bits per heavy atom. The van der Waals surface area contributed by atoms with Crippen LogP contribution >= 0.6 is 11.3 Å². The van der Waals surface area contributed by atoms with E-state index in [2.05, 4.69) is 4.98 Å². The predicted molar refractivity (Wildman–Crippen MR) is 66.7 cm³/mol. The van der Waals surface area contributed by atoms with Crippen LogP contribution in [0.15, 0.2) is 30.3 Å². The summed E-state index contributed by atoms with van der Waals surface area (Å²) in [5, 5.41) is 0.995. The first-order valence-corrected chi connectivity index (χ1v) is 5.99. The lowest BCUT2D eigenvalue weighted by molar-refractivity contribution is -0.116. The quantitative estimate of drug-likeness (QED) is 0.811. The van der Waals surface area contributed by atoms with Gasteiger partial charge in [0.15, 0.2) is 0 Å². The van der Waals surface area contributed by atoms with Gasteiger partial charge >= 0.3 is 0 Å². The second-order valence-electron chi connectivity index (χ2n) is 3.77. The van der Waals surface area contributed by atoms with Gasteiger partial charge in [-0.1, -0.05) is 30.3 Å². The van der Waals surface area contributed by atoms with Gasteiger partial charge in [-0.2, -0.15) is 0 Å². The highest BCUT2D eigenvalue weighted by Crippen LogP contribution is 2.27. The van der Waals surface area contributed by atoms with Crippen molar-refractivity contribution in [3.05, 3.63) is 40.9 Å². The van der Waals surface area contributed by atoms with E-state index in [1.165, 1.54) is 0 Å². The molecule has 82 valence electrons. The van der Waals surface area contributed by atoms with E-state index < -0.39 is 0 Å². The monoisotopic (exact) mass is 231 g/mol. The summed E-state index contributed by atoms with van der Waals surface area (Å²) in [6.45, 7) is 3.57. The van der Waals surface area contributed by atoms with E-state index in [0.29, 0.717) is 6.42 Å². The van der Waals surface area contributed by atoms with E-state index in [1.807, 2.05) is 37.3 Å². The van der Waals surface area contributed by atoms with Crippen LogP contribution in [0.3, 0.4) is 0 Å². The molecular formula is C13H13NOS. The highest BCUT2D eigenvalue weighted by Gasteiger charge is 2.10. The highest BCUT2D eigenvalue weighted by atomic mass is 32.1. The molecule has 16 heavy (non-hydrogen) atoms. The largest absolute Gasteiger partial charge is 0.300 e. The van der Waals surface area contributed by atoms with Crippen LogP contribution < -0.4 is 0 Å². The Morgan fingerprint density at radius 3 is 2.62 bits per heavy atom. The van der Waals surface area contributed by atoms with Crippen LogP contribution in [0.2, 0.25) is 0 Å². The Hall–Kier alpha value is -1.48. The van der Waals surface area contributed by atoms with E-state index in [9.17, 15) is 4.79 Å². The van der Waals surface area contributed by atoms with Crippen molar-refractivity contribution >= 4 is 17.1 Å². The summed E-state index contributed by atoms with van der Waals surface area (Å²) in [7, 11) is 0. The van der Waals surface area contributed by atoms with Crippen molar-refractivity contribution in [2.24, 2.45) is 0 Å². The molecule has 0 aliphatic carbocycles. The zero-order valence-corrected chi connectivity index (χ0v) is 10.2. The summed E-state index contributed by atoms with van der Waals surface area (Å²) in [4.78, 5) is 16.7. The number of carbonyl (C=O) groups is 1. The van der Waals surface area contributed by atoms with Crippen molar-refractivity contribution < 1.29 is 4.79 Å². The van der Waals surface area contributed by atoms with Crippen LogP contribution in [-0.4, -0.2) is 10.8 Å². The Bertz CT molecular complexity index is 502. The molecule has 0 amide bonds. The number of Topliss-reactive ketones (excluding diaryl/α,β-unsaturated/α-hetero) is 1. The van der Waals surface area contributed by atoms with Crippen molar-refractivity contribution in [1.82, 2.24) is 4.98 Å². The van der Waals surface area contributed by atoms with Gasteiger partial charge in [0.1, 0.15) is 10.8 Å². The molecule has 0 spiro atoms. The Kier molecular flexibility index (Phi) is 3.15. The van der Waals surface area contributed by atoms with E-state index in [4.69, 9.17) is 0 Å². The number of nitrogens with zero attached hydrogens (tertiary/aromatic N) is 1. The molecule has 3 heteroatoms. The first-order chi connectivity index (χ1) is 7.66. The topological polar surface area (TPSA) is 30.0 Å². The molecule has 0 radical (unpaired) electrons. The number of benzene rings is 1. The second-order valence-corrected chi connectivity index (χ2v) is 4.86. The molecule has 0 bridgehead atoms. The van der Waals surface area contributed by atoms with E-state index in [1.54, 1.807) is 18.3 Å². The highest BCUT2D eigenvalue weighted by molar-refractivity contribution is 7.15. The summed E-state index contributed by atoms with van der Waals surface area (Å²) in [6.07, 6.45) is 0.496. The fraction of sp³-hybridized carbons (Fsp3) is 0.231. The third-order valence-electron chi connectivity index (χ3n) is 2.32. The van der Waals surface area contributed by atoms with Crippen LogP contribution in [0.4, 0.5) is 0 Å². The van der Waals surface area contributed by atoms with Crippen molar-refractivity contribution in [2.75, 3.05) is 0 Å². The van der Waals surface area contributed by atoms with Gasteiger partial charge in [0, 0.05) is 16.9 Å². The van der Waals surface area contributed by atoms with Gasteiger partial charge in [-0.25, -0.2) is 4.98 Å². The SMILES string of the molecule is CC(=O)Cc1sc(-c2ccccc2)nc1C. The number of thiazole rings is 1. The van der Waals surface area contributed by atoms with Crippen molar-refractivity contribution in [2.45, 2.75) is 20.3 Å². The third kappa shape index (κ3) is 2.36. The van der Waals surface area contributed by atoms with Gasteiger partial charge in [0.05, 0.1) is 5.69 Å². The van der Waals surface area contributed by atoms with Crippen LogP contribution in [0, 0.1) is 6.92 Å². The number of rotatable bonds is 3. The normalized spacial score (nSPS) is 10.4. The van der Waals surface area contributed by atoms with Crippen molar-refractivity contribution in [1.29, 1.82) is 0 Å². The van der Waals surface area contributed by atoms with Gasteiger partial charge in [-0.15, -0.1) is 11.3 Å². The maximum Gasteiger partial charge on any atom is 0.135 e. The van der Waals surface area contributed by atoms with Crippen molar-refractivity contribution in [3.63, 3.8) is 0 Å². The fourth-order valence-corrected chi connectivity index (χ4v) is 2.66. The molecule has 0 saturated carbocycles. The average Bonchev–Trinajstić information content (AvgIpc) is 2.61. The minimum Gasteiger partial charge on any atom is -0.300 e. The van der Waals surface area contributed by atoms with Crippen LogP contribution in [0.1, 0.15) is 17.5 Å². The molecule has 2 aromatic rings. The minimum atomic E-state index is 0.186. The first-order valence-electron chi connectivity index (χ1n) is 5.18. The number of ketones is 1. The second kappa shape index (κ2) is 4.58. The van der Waals surface area contributed by atoms with E-state index >= 15 is 0 Å². The smallest absolute Gasteiger partial charge is 0.135 e. The molecule has 0 aliphatic rings. The standard InChI is InChI=1S/C13H13NOS/c1-9(15)8-12-10(2)14-13(16-12)11-6-4-3-5-7-11/h3-7H,8H2,1-2H3. The van der Waals surface area contributed by atoms with E-state index in [0.717, 1.165) is 21.1 Å². The van der Waals surface area contributed by atoms with Crippen LogP contribution in [-0.2, 0) is 11.2 Å². The lowest BCUT2D eigenvalue weighted by atomic mass is 10.2. The van der Waals surface area contributed by atoms with Gasteiger partial charge in [-0.05, 0) is 13.8 Å². The van der Waals surface area contributed by atoms with Crippen molar-refractivity contribution in [3.8, 4) is 10.6 Å². The number of aromatic nitrogens is 1. The number of hydrogen-bond acceptors (Lipinski definition) is 3. The molecule has 0 N–H and O–H groups in total. The summed E-state index contributed by atoms with van der Waals surface area (Å²) in [5.74, 6) is 0.186. The molecule has 0 atom stereocenters. The van der Waals surface area contributed by atoms with Gasteiger partial charge in [-0.3, -0.25) is 4.79 Å². The number of aryl methyl sites for hydroxylation is 1. The number of hydrogen-bond donors (Lipinski definition) is 0. The summed E-state index contributed by atoms with van der Waals surface area (Å²) < 4.78 is 0. The average molecular weight is 231 g/mol. The molecule has 1 heterocycles. The molecule has 2 rings (SSSR count). The van der Waals surface area contributed by atoms with Crippen LogP contribution in [0.5, 0.6) is 0 Å². The lowest BCUT2D eigenvalue weighted by Gasteiger charge is -1.93. The fourth-order valence-electron chi connectivity index (χ4n) is 1.52. The molecular weight excluding hydrogens is 218 g/mol. The molecule has 0 fully saturated rings. The molecule has 0 unspecified atom stereocenters. The Morgan fingerprint density at radius 2 is 2.00 bits per heavy atom. The summed E-state index contributed by atoms with van der Waals surface area (Å²) in [5.41, 5.74) is 2.09. The summed E-state index contributed by atoms with van der Waals surface area (Å²) >= 11 is 1.61. The molecule has 2 nitrogen and oxygen atoms in total. The molecule has 0 aliphatic heterocycles. The van der Waals surface area contributed by atoms with Gasteiger partial charge < -0.3 is 0 Å². The molecule has 1 aromatic carbocycles.